The summed E-state index contributed by atoms with van der Waals surface area (Å²) in [6.07, 6.45) is 1.61. The van der Waals surface area contributed by atoms with Gasteiger partial charge in [0.05, 0.1) is 11.8 Å². The van der Waals surface area contributed by atoms with Gasteiger partial charge in [-0.15, -0.1) is 0 Å². The lowest BCUT2D eigenvalue weighted by molar-refractivity contribution is 0.0902. The Kier molecular flexibility index (Phi) is 4.71. The van der Waals surface area contributed by atoms with Crippen molar-refractivity contribution in [1.29, 1.82) is 0 Å². The number of rotatable bonds is 4. The molecule has 0 aliphatic rings. The first-order chi connectivity index (χ1) is 11.4. The van der Waals surface area contributed by atoms with Crippen LogP contribution < -0.4 is 0 Å². The molecule has 3 rings (SSSR count). The van der Waals surface area contributed by atoms with Crippen molar-refractivity contribution in [1.82, 2.24) is 9.55 Å². The zero-order valence-corrected chi connectivity index (χ0v) is 15.0. The van der Waals surface area contributed by atoms with Crippen molar-refractivity contribution in [2.75, 3.05) is 6.61 Å². The number of carbonyl (C=O) groups is 1. The molecule has 0 unspecified atom stereocenters. The summed E-state index contributed by atoms with van der Waals surface area (Å²) in [7, 11) is 1.72. The zero-order valence-electron chi connectivity index (χ0n) is 12.7. The van der Waals surface area contributed by atoms with E-state index in [1.54, 1.807) is 35.9 Å². The molecule has 4 nitrogen and oxygen atoms in total. The maximum Gasteiger partial charge on any atom is 0.188 e. The number of aromatic nitrogens is 2. The van der Waals surface area contributed by atoms with Crippen molar-refractivity contribution >= 4 is 44.3 Å². The normalized spacial score (nSPS) is 11.2. The van der Waals surface area contributed by atoms with Gasteiger partial charge in [0.15, 0.2) is 11.6 Å². The molecule has 1 N–H and O–H groups in total. The first-order valence-corrected chi connectivity index (χ1v) is 8.30. The Morgan fingerprint density at radius 3 is 2.83 bits per heavy atom. The van der Waals surface area contributed by atoms with Crippen molar-refractivity contribution in [2.45, 2.75) is 6.42 Å². The van der Waals surface area contributed by atoms with Gasteiger partial charge >= 0.3 is 0 Å². The summed E-state index contributed by atoms with van der Waals surface area (Å²) < 4.78 is 17.4. The van der Waals surface area contributed by atoms with E-state index in [0.717, 1.165) is 4.47 Å². The quantitative estimate of drug-likeness (QED) is 0.663. The SMILES string of the molecule is Cn1cnc2c(F)c(Cc3ccc(Br)cc3Cl)c(C(=O)CO)cc21. The Hall–Kier alpha value is -1.76. The second-order valence-electron chi connectivity index (χ2n) is 5.43. The number of aliphatic hydroxyl groups excluding tert-OH is 1. The predicted molar refractivity (Wildman–Crippen MR) is 94.0 cm³/mol. The molecule has 0 aliphatic carbocycles. The van der Waals surface area contributed by atoms with Crippen molar-refractivity contribution < 1.29 is 14.3 Å². The molecule has 0 bridgehead atoms. The van der Waals surface area contributed by atoms with Gasteiger partial charge in [0.1, 0.15) is 12.1 Å². The third-order valence-corrected chi connectivity index (χ3v) is 4.73. The minimum atomic E-state index is -0.691. The summed E-state index contributed by atoms with van der Waals surface area (Å²) in [5, 5.41) is 9.69. The van der Waals surface area contributed by atoms with Crippen molar-refractivity contribution in [3.05, 3.63) is 62.6 Å². The number of fused-ring (bicyclic) bond motifs is 1. The Morgan fingerprint density at radius 2 is 2.17 bits per heavy atom. The topological polar surface area (TPSA) is 55.1 Å². The van der Waals surface area contributed by atoms with E-state index in [0.29, 0.717) is 16.1 Å². The Labute approximate surface area is 151 Å². The van der Waals surface area contributed by atoms with Crippen molar-refractivity contribution in [2.24, 2.45) is 7.05 Å². The van der Waals surface area contributed by atoms with Crippen LogP contribution in [0.5, 0.6) is 0 Å². The molecule has 0 amide bonds. The van der Waals surface area contributed by atoms with Crippen LogP contribution in [0.25, 0.3) is 11.0 Å². The minimum absolute atomic E-state index is 0.130. The number of benzene rings is 2. The number of halogens is 3. The van der Waals surface area contributed by atoms with E-state index < -0.39 is 18.2 Å². The highest BCUT2D eigenvalue weighted by atomic mass is 79.9. The molecule has 0 aliphatic heterocycles. The lowest BCUT2D eigenvalue weighted by Gasteiger charge is -2.12. The summed E-state index contributed by atoms with van der Waals surface area (Å²) in [6, 6.07) is 6.83. The second kappa shape index (κ2) is 6.63. The average molecular weight is 412 g/mol. The van der Waals surface area contributed by atoms with Crippen LogP contribution in [0.4, 0.5) is 4.39 Å². The number of carbonyl (C=O) groups excluding carboxylic acids is 1. The van der Waals surface area contributed by atoms with E-state index in [1.807, 2.05) is 0 Å². The number of hydrogen-bond donors (Lipinski definition) is 1. The van der Waals surface area contributed by atoms with E-state index in [2.05, 4.69) is 20.9 Å². The molecule has 3 aromatic rings. The maximum atomic E-state index is 15.0. The third-order valence-electron chi connectivity index (χ3n) is 3.89. The summed E-state index contributed by atoms with van der Waals surface area (Å²) in [5.74, 6) is -1.11. The third kappa shape index (κ3) is 2.97. The van der Waals surface area contributed by atoms with Gasteiger partial charge in [-0.1, -0.05) is 33.6 Å². The number of ketones is 1. The lowest BCUT2D eigenvalue weighted by Crippen LogP contribution is -2.11. The smallest absolute Gasteiger partial charge is 0.188 e. The molecule has 0 fully saturated rings. The Balaban J connectivity index is 2.21. The fraction of sp³-hybridized carbons (Fsp3) is 0.176. The number of nitrogens with zero attached hydrogens (tertiary/aromatic N) is 2. The van der Waals surface area contributed by atoms with Gasteiger partial charge in [-0.25, -0.2) is 9.37 Å². The predicted octanol–water partition coefficient (Wildman–Crippen LogP) is 3.89. The van der Waals surface area contributed by atoms with Crippen LogP contribution in [-0.4, -0.2) is 27.0 Å². The summed E-state index contributed by atoms with van der Waals surface area (Å²) in [6.45, 7) is -0.691. The molecule has 0 saturated carbocycles. The minimum Gasteiger partial charge on any atom is -0.388 e. The summed E-state index contributed by atoms with van der Waals surface area (Å²) >= 11 is 9.54. The first-order valence-electron chi connectivity index (χ1n) is 7.12. The van der Waals surface area contributed by atoms with E-state index in [1.165, 1.54) is 6.33 Å². The van der Waals surface area contributed by atoms with Crippen LogP contribution in [0.1, 0.15) is 21.5 Å². The molecule has 124 valence electrons. The molecule has 0 atom stereocenters. The van der Waals surface area contributed by atoms with Crippen LogP contribution in [0, 0.1) is 5.82 Å². The van der Waals surface area contributed by atoms with Crippen LogP contribution in [0.2, 0.25) is 5.02 Å². The first kappa shape index (κ1) is 17.1. The van der Waals surface area contributed by atoms with Crippen molar-refractivity contribution in [3.63, 3.8) is 0 Å². The molecule has 0 radical (unpaired) electrons. The summed E-state index contributed by atoms with van der Waals surface area (Å²) in [4.78, 5) is 16.2. The molecule has 7 heteroatoms. The molecule has 1 aromatic heterocycles. The largest absolute Gasteiger partial charge is 0.388 e. The van der Waals surface area contributed by atoms with Gasteiger partial charge in [-0.3, -0.25) is 4.79 Å². The Bertz CT molecular complexity index is 955. The highest BCUT2D eigenvalue weighted by molar-refractivity contribution is 9.10. The van der Waals surface area contributed by atoms with E-state index in [4.69, 9.17) is 11.6 Å². The Morgan fingerprint density at radius 1 is 1.42 bits per heavy atom. The fourth-order valence-electron chi connectivity index (χ4n) is 2.63. The van der Waals surface area contributed by atoms with Crippen LogP contribution in [-0.2, 0) is 13.5 Å². The van der Waals surface area contributed by atoms with E-state index in [9.17, 15) is 14.3 Å². The van der Waals surface area contributed by atoms with Crippen LogP contribution >= 0.6 is 27.5 Å². The van der Waals surface area contributed by atoms with Crippen LogP contribution in [0.15, 0.2) is 35.1 Å². The second-order valence-corrected chi connectivity index (χ2v) is 6.76. The number of aliphatic hydroxyl groups is 1. The fourth-order valence-corrected chi connectivity index (χ4v) is 3.37. The van der Waals surface area contributed by atoms with Gasteiger partial charge < -0.3 is 9.67 Å². The molecule has 0 spiro atoms. The lowest BCUT2D eigenvalue weighted by atomic mass is 9.95. The number of Topliss-reactive ketones (excluding diaryl/α,β-unsaturated/α-hetero) is 1. The average Bonchev–Trinajstić information content (AvgIpc) is 2.92. The van der Waals surface area contributed by atoms with Gasteiger partial charge in [-0.05, 0) is 23.8 Å². The van der Waals surface area contributed by atoms with Gasteiger partial charge in [-0.2, -0.15) is 0 Å². The molecule has 24 heavy (non-hydrogen) atoms. The highest BCUT2D eigenvalue weighted by Crippen LogP contribution is 2.29. The van der Waals surface area contributed by atoms with Gasteiger partial charge in [0, 0.05) is 34.1 Å². The zero-order chi connectivity index (χ0) is 17.4. The number of aryl methyl sites for hydroxylation is 1. The molecule has 2 aromatic carbocycles. The standard InChI is InChI=1S/C17H13BrClFN2O2/c1-22-8-21-17-14(22)6-11(15(24)7-23)12(16(17)20)4-9-2-3-10(18)5-13(9)19/h2-3,5-6,8,23H,4,7H2,1H3. The molecular weight excluding hydrogens is 399 g/mol. The van der Waals surface area contributed by atoms with Gasteiger partial charge in [0.25, 0.3) is 0 Å². The molecular formula is C17H13BrClFN2O2. The van der Waals surface area contributed by atoms with Crippen LogP contribution in [0.3, 0.4) is 0 Å². The van der Waals surface area contributed by atoms with E-state index in [-0.39, 0.29) is 23.1 Å². The monoisotopic (exact) mass is 410 g/mol. The van der Waals surface area contributed by atoms with E-state index >= 15 is 0 Å². The van der Waals surface area contributed by atoms with Crippen molar-refractivity contribution in [3.8, 4) is 0 Å². The highest BCUT2D eigenvalue weighted by Gasteiger charge is 2.21. The maximum absolute atomic E-state index is 15.0. The molecule has 0 saturated heterocycles. The summed E-state index contributed by atoms with van der Waals surface area (Å²) in [5.41, 5.74) is 1.70. The van der Waals surface area contributed by atoms with Gasteiger partial charge in [0.2, 0.25) is 0 Å². The number of imidazole rings is 1. The molecule has 1 heterocycles. The number of hydrogen-bond acceptors (Lipinski definition) is 3.